The van der Waals surface area contributed by atoms with E-state index in [1.807, 2.05) is 6.07 Å². The molecule has 2 rings (SSSR count). The molecule has 0 aliphatic rings. The Kier molecular flexibility index (Phi) is 3.67. The van der Waals surface area contributed by atoms with E-state index in [9.17, 15) is 9.18 Å². The lowest BCUT2D eigenvalue weighted by molar-refractivity contribution is -0.136. The van der Waals surface area contributed by atoms with E-state index in [4.69, 9.17) is 5.11 Å². The van der Waals surface area contributed by atoms with Crippen LogP contribution in [0.2, 0.25) is 0 Å². The Hall–Kier alpha value is -2.23. The SMILES string of the molecule is O=C(O)CCc1ccc(-c2ccc(F)cc2)cn1. The highest BCUT2D eigenvalue weighted by atomic mass is 19.1. The van der Waals surface area contributed by atoms with E-state index in [-0.39, 0.29) is 12.2 Å². The molecular weight excluding hydrogens is 233 g/mol. The van der Waals surface area contributed by atoms with Gasteiger partial charge in [0.2, 0.25) is 0 Å². The summed E-state index contributed by atoms with van der Waals surface area (Å²) in [6.45, 7) is 0. The Bertz CT molecular complexity index is 535. The fourth-order valence-corrected chi connectivity index (χ4v) is 1.62. The third-order valence-corrected chi connectivity index (χ3v) is 2.60. The van der Waals surface area contributed by atoms with Crippen LogP contribution in [0.4, 0.5) is 4.39 Å². The van der Waals surface area contributed by atoms with Crippen LogP contribution in [0, 0.1) is 5.82 Å². The van der Waals surface area contributed by atoms with Crippen molar-refractivity contribution in [3.05, 3.63) is 54.1 Å². The number of benzene rings is 1. The second-order valence-electron chi connectivity index (χ2n) is 3.94. The second kappa shape index (κ2) is 5.40. The molecular formula is C14H12FNO2. The lowest BCUT2D eigenvalue weighted by Crippen LogP contribution is -1.99. The number of aliphatic carboxylic acids is 1. The summed E-state index contributed by atoms with van der Waals surface area (Å²) in [6, 6.07) is 9.81. The second-order valence-corrected chi connectivity index (χ2v) is 3.94. The number of carboxylic acid groups (broad SMARTS) is 1. The van der Waals surface area contributed by atoms with Crippen molar-refractivity contribution >= 4 is 5.97 Å². The number of nitrogens with zero attached hydrogens (tertiary/aromatic N) is 1. The number of halogens is 1. The standard InChI is InChI=1S/C14H12FNO2/c15-12-4-1-10(2-5-12)11-3-6-13(16-9-11)7-8-14(17)18/h1-6,9H,7-8H2,(H,17,18). The molecule has 3 nitrogen and oxygen atoms in total. The minimum absolute atomic E-state index is 0.0723. The Morgan fingerprint density at radius 1 is 1.11 bits per heavy atom. The van der Waals surface area contributed by atoms with E-state index in [1.54, 1.807) is 24.4 Å². The largest absolute Gasteiger partial charge is 0.481 e. The quantitative estimate of drug-likeness (QED) is 0.901. The van der Waals surface area contributed by atoms with Gasteiger partial charge in [-0.25, -0.2) is 4.39 Å². The van der Waals surface area contributed by atoms with Crippen molar-refractivity contribution < 1.29 is 14.3 Å². The first-order chi connectivity index (χ1) is 8.65. The van der Waals surface area contributed by atoms with Gasteiger partial charge in [0.1, 0.15) is 5.82 Å². The molecule has 0 bridgehead atoms. The highest BCUT2D eigenvalue weighted by Crippen LogP contribution is 2.18. The molecule has 0 amide bonds. The van der Waals surface area contributed by atoms with Crippen LogP contribution in [0.5, 0.6) is 0 Å². The van der Waals surface area contributed by atoms with Crippen LogP contribution >= 0.6 is 0 Å². The molecule has 0 unspecified atom stereocenters. The molecule has 0 aliphatic carbocycles. The van der Waals surface area contributed by atoms with E-state index in [0.717, 1.165) is 16.8 Å². The summed E-state index contributed by atoms with van der Waals surface area (Å²) in [6.07, 6.45) is 2.16. The highest BCUT2D eigenvalue weighted by Gasteiger charge is 2.02. The molecule has 1 aromatic carbocycles. The molecule has 0 fully saturated rings. The predicted octanol–water partition coefficient (Wildman–Crippen LogP) is 2.90. The van der Waals surface area contributed by atoms with Gasteiger partial charge in [-0.3, -0.25) is 9.78 Å². The molecule has 1 heterocycles. The molecule has 0 saturated heterocycles. The van der Waals surface area contributed by atoms with Crippen LogP contribution in [-0.2, 0) is 11.2 Å². The Labute approximate surface area is 104 Å². The molecule has 1 aromatic heterocycles. The third-order valence-electron chi connectivity index (χ3n) is 2.60. The van der Waals surface area contributed by atoms with E-state index in [1.165, 1.54) is 12.1 Å². The zero-order chi connectivity index (χ0) is 13.0. The summed E-state index contributed by atoms with van der Waals surface area (Å²) in [5.41, 5.74) is 2.51. The van der Waals surface area contributed by atoms with Crippen LogP contribution in [-0.4, -0.2) is 16.1 Å². The maximum absolute atomic E-state index is 12.8. The Morgan fingerprint density at radius 2 is 1.78 bits per heavy atom. The molecule has 1 N–H and O–H groups in total. The van der Waals surface area contributed by atoms with Gasteiger partial charge in [-0.05, 0) is 23.8 Å². The summed E-state index contributed by atoms with van der Waals surface area (Å²) in [5, 5.41) is 8.57. The summed E-state index contributed by atoms with van der Waals surface area (Å²) in [5.74, 6) is -1.11. The Balaban J connectivity index is 2.12. The van der Waals surface area contributed by atoms with Crippen LogP contribution < -0.4 is 0 Å². The molecule has 18 heavy (non-hydrogen) atoms. The average molecular weight is 245 g/mol. The minimum atomic E-state index is -0.834. The number of aromatic nitrogens is 1. The van der Waals surface area contributed by atoms with E-state index < -0.39 is 5.97 Å². The fourth-order valence-electron chi connectivity index (χ4n) is 1.62. The van der Waals surface area contributed by atoms with Gasteiger partial charge < -0.3 is 5.11 Å². The lowest BCUT2D eigenvalue weighted by atomic mass is 10.1. The first-order valence-corrected chi connectivity index (χ1v) is 5.58. The lowest BCUT2D eigenvalue weighted by Gasteiger charge is -2.03. The minimum Gasteiger partial charge on any atom is -0.481 e. The van der Waals surface area contributed by atoms with Crippen LogP contribution in [0.3, 0.4) is 0 Å². The van der Waals surface area contributed by atoms with Crippen molar-refractivity contribution in [2.75, 3.05) is 0 Å². The first kappa shape index (κ1) is 12.2. The number of hydrogen-bond acceptors (Lipinski definition) is 2. The monoisotopic (exact) mass is 245 g/mol. The molecule has 0 radical (unpaired) electrons. The smallest absolute Gasteiger partial charge is 0.303 e. The number of carboxylic acids is 1. The summed E-state index contributed by atoms with van der Waals surface area (Å²) < 4.78 is 12.8. The maximum Gasteiger partial charge on any atom is 0.303 e. The van der Waals surface area contributed by atoms with E-state index in [0.29, 0.717) is 6.42 Å². The predicted molar refractivity (Wildman–Crippen MR) is 65.6 cm³/mol. The number of carbonyl (C=O) groups is 1. The number of hydrogen-bond donors (Lipinski definition) is 1. The third kappa shape index (κ3) is 3.13. The molecule has 4 heteroatoms. The first-order valence-electron chi connectivity index (χ1n) is 5.58. The van der Waals surface area contributed by atoms with Crippen LogP contribution in [0.1, 0.15) is 12.1 Å². The number of pyridine rings is 1. The molecule has 92 valence electrons. The van der Waals surface area contributed by atoms with Crippen molar-refractivity contribution in [1.29, 1.82) is 0 Å². The van der Waals surface area contributed by atoms with Crippen molar-refractivity contribution in [1.82, 2.24) is 4.98 Å². The van der Waals surface area contributed by atoms with Gasteiger partial charge in [-0.1, -0.05) is 18.2 Å². The zero-order valence-corrected chi connectivity index (χ0v) is 9.64. The van der Waals surface area contributed by atoms with Gasteiger partial charge in [0.15, 0.2) is 0 Å². The van der Waals surface area contributed by atoms with Gasteiger partial charge >= 0.3 is 5.97 Å². The van der Waals surface area contributed by atoms with Crippen molar-refractivity contribution in [3.8, 4) is 11.1 Å². The van der Waals surface area contributed by atoms with Gasteiger partial charge in [-0.2, -0.15) is 0 Å². The molecule has 0 atom stereocenters. The van der Waals surface area contributed by atoms with Crippen molar-refractivity contribution in [2.24, 2.45) is 0 Å². The molecule has 2 aromatic rings. The van der Waals surface area contributed by atoms with Crippen molar-refractivity contribution in [3.63, 3.8) is 0 Å². The molecule has 0 saturated carbocycles. The van der Waals surface area contributed by atoms with Gasteiger partial charge in [0.25, 0.3) is 0 Å². The summed E-state index contributed by atoms with van der Waals surface area (Å²) in [7, 11) is 0. The van der Waals surface area contributed by atoms with E-state index >= 15 is 0 Å². The normalized spacial score (nSPS) is 10.3. The maximum atomic E-state index is 12.8. The van der Waals surface area contributed by atoms with E-state index in [2.05, 4.69) is 4.98 Å². The number of aryl methyl sites for hydroxylation is 1. The average Bonchev–Trinajstić information content (AvgIpc) is 2.38. The zero-order valence-electron chi connectivity index (χ0n) is 9.64. The molecule has 0 aliphatic heterocycles. The Morgan fingerprint density at radius 3 is 2.33 bits per heavy atom. The van der Waals surface area contributed by atoms with Gasteiger partial charge in [0, 0.05) is 23.9 Å². The molecule has 0 spiro atoms. The fraction of sp³-hybridized carbons (Fsp3) is 0.143. The highest BCUT2D eigenvalue weighted by molar-refractivity contribution is 5.67. The topological polar surface area (TPSA) is 50.2 Å². The van der Waals surface area contributed by atoms with Crippen LogP contribution in [0.15, 0.2) is 42.6 Å². The summed E-state index contributed by atoms with van der Waals surface area (Å²) >= 11 is 0. The van der Waals surface area contributed by atoms with Gasteiger partial charge in [-0.15, -0.1) is 0 Å². The number of rotatable bonds is 4. The van der Waals surface area contributed by atoms with Crippen LogP contribution in [0.25, 0.3) is 11.1 Å². The summed E-state index contributed by atoms with van der Waals surface area (Å²) in [4.78, 5) is 14.6. The van der Waals surface area contributed by atoms with Gasteiger partial charge in [0.05, 0.1) is 6.42 Å². The van der Waals surface area contributed by atoms with Crippen molar-refractivity contribution in [2.45, 2.75) is 12.8 Å².